The Labute approximate surface area is 120 Å². The third kappa shape index (κ3) is 2.96. The second kappa shape index (κ2) is 5.44. The molecule has 20 heavy (non-hydrogen) atoms. The Morgan fingerprint density at radius 3 is 2.55 bits per heavy atom. The first kappa shape index (κ1) is 13.4. The molecule has 1 aliphatic carbocycles. The predicted octanol–water partition coefficient (Wildman–Crippen LogP) is 1.83. The molecular weight excluding hydrogens is 250 g/mol. The number of anilines is 1. The van der Waals surface area contributed by atoms with Gasteiger partial charge in [0.2, 0.25) is 0 Å². The quantitative estimate of drug-likeness (QED) is 0.855. The lowest BCUT2D eigenvalue weighted by molar-refractivity contribution is 0.0482. The molecule has 1 amide bonds. The van der Waals surface area contributed by atoms with E-state index < -0.39 is 0 Å². The fourth-order valence-electron chi connectivity index (χ4n) is 2.96. The Morgan fingerprint density at radius 1 is 1.25 bits per heavy atom. The van der Waals surface area contributed by atoms with Crippen LogP contribution in [0.25, 0.3) is 0 Å². The lowest BCUT2D eigenvalue weighted by Gasteiger charge is -2.40. The number of benzene rings is 1. The highest BCUT2D eigenvalue weighted by atomic mass is 16.2. The summed E-state index contributed by atoms with van der Waals surface area (Å²) < 4.78 is 0. The van der Waals surface area contributed by atoms with E-state index in [9.17, 15) is 4.79 Å². The van der Waals surface area contributed by atoms with E-state index in [-0.39, 0.29) is 11.9 Å². The normalized spacial score (nSPS) is 23.9. The van der Waals surface area contributed by atoms with Crippen LogP contribution in [0.4, 0.5) is 5.69 Å². The van der Waals surface area contributed by atoms with Crippen LogP contribution in [0.1, 0.15) is 30.1 Å². The minimum Gasteiger partial charge on any atom is -0.399 e. The van der Waals surface area contributed by atoms with Crippen LogP contribution in [0.15, 0.2) is 24.3 Å². The number of carbonyl (C=O) groups is 1. The van der Waals surface area contributed by atoms with Crippen LogP contribution in [-0.2, 0) is 0 Å². The SMILES string of the molecule is C[C@H]1CN(CC2CC2)CCN1C(=O)c1ccc(N)cc1. The van der Waals surface area contributed by atoms with Gasteiger partial charge in [-0.25, -0.2) is 0 Å². The number of nitrogen functional groups attached to an aromatic ring is 1. The number of hydrogen-bond donors (Lipinski definition) is 1. The number of nitrogens with zero attached hydrogens (tertiary/aromatic N) is 2. The van der Waals surface area contributed by atoms with E-state index in [1.807, 2.05) is 17.0 Å². The van der Waals surface area contributed by atoms with Gasteiger partial charge >= 0.3 is 0 Å². The molecule has 1 saturated heterocycles. The van der Waals surface area contributed by atoms with Gasteiger partial charge in [-0.05, 0) is 49.9 Å². The Balaban J connectivity index is 1.62. The first-order valence-electron chi connectivity index (χ1n) is 7.52. The molecule has 1 atom stereocenters. The first-order chi connectivity index (χ1) is 9.63. The summed E-state index contributed by atoms with van der Waals surface area (Å²) in [6.07, 6.45) is 2.78. The van der Waals surface area contributed by atoms with Crippen molar-refractivity contribution in [3.05, 3.63) is 29.8 Å². The summed E-state index contributed by atoms with van der Waals surface area (Å²) in [5.41, 5.74) is 7.11. The zero-order valence-electron chi connectivity index (χ0n) is 12.1. The Kier molecular flexibility index (Phi) is 3.66. The van der Waals surface area contributed by atoms with Crippen molar-refractivity contribution in [2.75, 3.05) is 31.9 Å². The molecule has 1 saturated carbocycles. The fourth-order valence-corrected chi connectivity index (χ4v) is 2.96. The van der Waals surface area contributed by atoms with Gasteiger partial charge in [-0.2, -0.15) is 0 Å². The van der Waals surface area contributed by atoms with Crippen LogP contribution in [0.3, 0.4) is 0 Å². The topological polar surface area (TPSA) is 49.6 Å². The standard InChI is InChI=1S/C16H23N3O/c1-12-10-18(11-13-2-3-13)8-9-19(12)16(20)14-4-6-15(17)7-5-14/h4-7,12-13H,2-3,8-11,17H2,1H3/t12-/m0/s1. The highest BCUT2D eigenvalue weighted by molar-refractivity contribution is 5.94. The molecule has 1 aliphatic heterocycles. The second-order valence-corrected chi connectivity index (χ2v) is 6.17. The summed E-state index contributed by atoms with van der Waals surface area (Å²) in [5.74, 6) is 1.05. The molecule has 0 spiro atoms. The van der Waals surface area contributed by atoms with E-state index in [0.29, 0.717) is 5.69 Å². The van der Waals surface area contributed by atoms with Gasteiger partial charge in [0, 0.05) is 43.5 Å². The highest BCUT2D eigenvalue weighted by Crippen LogP contribution is 2.30. The zero-order chi connectivity index (χ0) is 14.1. The lowest BCUT2D eigenvalue weighted by atomic mass is 10.1. The van der Waals surface area contributed by atoms with Gasteiger partial charge in [-0.15, -0.1) is 0 Å². The van der Waals surface area contributed by atoms with E-state index in [0.717, 1.165) is 31.1 Å². The molecule has 3 rings (SSSR count). The van der Waals surface area contributed by atoms with Crippen LogP contribution in [-0.4, -0.2) is 47.9 Å². The molecule has 108 valence electrons. The molecule has 0 radical (unpaired) electrons. The molecule has 2 N–H and O–H groups in total. The molecule has 1 aromatic rings. The van der Waals surface area contributed by atoms with Crippen molar-refractivity contribution >= 4 is 11.6 Å². The molecule has 1 aromatic carbocycles. The van der Waals surface area contributed by atoms with Gasteiger partial charge in [0.15, 0.2) is 0 Å². The van der Waals surface area contributed by atoms with Crippen molar-refractivity contribution in [1.82, 2.24) is 9.80 Å². The van der Waals surface area contributed by atoms with Crippen LogP contribution >= 0.6 is 0 Å². The Bertz CT molecular complexity index is 481. The summed E-state index contributed by atoms with van der Waals surface area (Å²) >= 11 is 0. The average molecular weight is 273 g/mol. The minimum atomic E-state index is 0.128. The Morgan fingerprint density at radius 2 is 1.95 bits per heavy atom. The van der Waals surface area contributed by atoms with Crippen LogP contribution < -0.4 is 5.73 Å². The number of nitrogens with two attached hydrogens (primary N) is 1. The van der Waals surface area contributed by atoms with Gasteiger partial charge in [0.05, 0.1) is 0 Å². The summed E-state index contributed by atoms with van der Waals surface area (Å²) in [4.78, 5) is 17.0. The van der Waals surface area contributed by atoms with Gasteiger partial charge in [-0.1, -0.05) is 0 Å². The smallest absolute Gasteiger partial charge is 0.254 e. The van der Waals surface area contributed by atoms with E-state index in [4.69, 9.17) is 5.73 Å². The van der Waals surface area contributed by atoms with Gasteiger partial charge < -0.3 is 10.6 Å². The number of rotatable bonds is 3. The summed E-state index contributed by atoms with van der Waals surface area (Å²) in [5, 5.41) is 0. The highest BCUT2D eigenvalue weighted by Gasteiger charge is 2.31. The third-order valence-electron chi connectivity index (χ3n) is 4.34. The van der Waals surface area contributed by atoms with Crippen molar-refractivity contribution in [3.63, 3.8) is 0 Å². The van der Waals surface area contributed by atoms with E-state index in [1.165, 1.54) is 19.4 Å². The number of amides is 1. The number of hydrogen-bond acceptors (Lipinski definition) is 3. The summed E-state index contributed by atoms with van der Waals surface area (Å²) in [6.45, 7) is 6.19. The molecule has 2 aliphatic rings. The van der Waals surface area contributed by atoms with Crippen molar-refractivity contribution < 1.29 is 4.79 Å². The molecular formula is C16H23N3O. The van der Waals surface area contributed by atoms with Gasteiger partial charge in [-0.3, -0.25) is 9.69 Å². The Hall–Kier alpha value is -1.55. The summed E-state index contributed by atoms with van der Waals surface area (Å²) in [7, 11) is 0. The molecule has 0 bridgehead atoms. The van der Waals surface area contributed by atoms with Crippen molar-refractivity contribution in [2.24, 2.45) is 5.92 Å². The maximum atomic E-state index is 12.5. The van der Waals surface area contributed by atoms with Gasteiger partial charge in [0.1, 0.15) is 0 Å². The number of carbonyl (C=O) groups excluding carboxylic acids is 1. The van der Waals surface area contributed by atoms with E-state index in [2.05, 4.69) is 11.8 Å². The monoisotopic (exact) mass is 273 g/mol. The van der Waals surface area contributed by atoms with E-state index >= 15 is 0 Å². The third-order valence-corrected chi connectivity index (χ3v) is 4.34. The molecule has 2 fully saturated rings. The van der Waals surface area contributed by atoms with Gasteiger partial charge in [0.25, 0.3) is 5.91 Å². The fraction of sp³-hybridized carbons (Fsp3) is 0.562. The largest absolute Gasteiger partial charge is 0.399 e. The maximum Gasteiger partial charge on any atom is 0.254 e. The number of piperazine rings is 1. The zero-order valence-corrected chi connectivity index (χ0v) is 12.1. The van der Waals surface area contributed by atoms with Crippen LogP contribution in [0, 0.1) is 5.92 Å². The average Bonchev–Trinajstić information content (AvgIpc) is 3.23. The van der Waals surface area contributed by atoms with Crippen molar-refractivity contribution in [1.29, 1.82) is 0 Å². The molecule has 4 nitrogen and oxygen atoms in total. The van der Waals surface area contributed by atoms with Crippen LogP contribution in [0.5, 0.6) is 0 Å². The first-order valence-corrected chi connectivity index (χ1v) is 7.52. The predicted molar refractivity (Wildman–Crippen MR) is 80.5 cm³/mol. The van der Waals surface area contributed by atoms with Crippen LogP contribution in [0.2, 0.25) is 0 Å². The minimum absolute atomic E-state index is 0.128. The molecule has 4 heteroatoms. The lowest BCUT2D eigenvalue weighted by Crippen LogP contribution is -2.54. The summed E-state index contributed by atoms with van der Waals surface area (Å²) in [6, 6.07) is 7.51. The van der Waals surface area contributed by atoms with Crippen molar-refractivity contribution in [3.8, 4) is 0 Å². The second-order valence-electron chi connectivity index (χ2n) is 6.17. The van der Waals surface area contributed by atoms with Crippen molar-refractivity contribution in [2.45, 2.75) is 25.8 Å². The molecule has 0 aromatic heterocycles. The molecule has 1 heterocycles. The molecule has 0 unspecified atom stereocenters. The van der Waals surface area contributed by atoms with E-state index in [1.54, 1.807) is 12.1 Å². The maximum absolute atomic E-state index is 12.5.